The van der Waals surface area contributed by atoms with Crippen LogP contribution < -0.4 is 0 Å². The van der Waals surface area contributed by atoms with Crippen LogP contribution in [0.2, 0.25) is 0 Å². The van der Waals surface area contributed by atoms with Gasteiger partial charge >= 0.3 is 0 Å². The molecule has 60 valence electrons. The molecule has 0 saturated heterocycles. The highest BCUT2D eigenvalue weighted by atomic mass is 35.5. The van der Waals surface area contributed by atoms with Crippen molar-refractivity contribution in [2.45, 2.75) is 13.0 Å². The number of nitrogens with zero attached hydrogens (tertiary/aromatic N) is 1. The summed E-state index contributed by atoms with van der Waals surface area (Å²) in [5, 5.41) is 8.87. The quantitative estimate of drug-likeness (QED) is 0.546. The molecule has 0 aliphatic heterocycles. The van der Waals surface area contributed by atoms with Gasteiger partial charge in [-0.1, -0.05) is 34.9 Å². The van der Waals surface area contributed by atoms with E-state index in [2.05, 4.69) is 0 Å². The number of halogens is 1. The predicted molar refractivity (Wildman–Crippen MR) is 44.3 cm³/mol. The summed E-state index contributed by atoms with van der Waals surface area (Å²) in [7, 11) is 0. The van der Waals surface area contributed by atoms with E-state index in [-0.39, 0.29) is 6.04 Å². The Labute approximate surface area is 71.1 Å². The molecule has 1 aromatic rings. The Morgan fingerprint density at radius 3 is 2.36 bits per heavy atom. The Morgan fingerprint density at radius 2 is 1.91 bits per heavy atom. The average Bonchev–Trinajstić information content (AvgIpc) is 2.05. The van der Waals surface area contributed by atoms with Crippen LogP contribution in [0.5, 0.6) is 0 Å². The van der Waals surface area contributed by atoms with Crippen molar-refractivity contribution < 1.29 is 5.21 Å². The largest absolute Gasteiger partial charge is 0.298 e. The number of hydrogen-bond donors (Lipinski definition) is 1. The van der Waals surface area contributed by atoms with E-state index in [1.54, 1.807) is 0 Å². The van der Waals surface area contributed by atoms with E-state index >= 15 is 0 Å². The number of benzene rings is 1. The first-order valence-corrected chi connectivity index (χ1v) is 3.74. The van der Waals surface area contributed by atoms with Gasteiger partial charge in [0, 0.05) is 11.8 Å². The summed E-state index contributed by atoms with van der Waals surface area (Å²) in [6.45, 7) is 1.82. The number of hydrogen-bond acceptors (Lipinski definition) is 2. The molecule has 3 heteroatoms. The van der Waals surface area contributed by atoms with Crippen molar-refractivity contribution in [1.29, 1.82) is 0 Å². The van der Waals surface area contributed by atoms with Crippen LogP contribution in [0, 0.1) is 0 Å². The average molecular weight is 172 g/mol. The highest BCUT2D eigenvalue weighted by Crippen LogP contribution is 2.18. The molecule has 1 unspecified atom stereocenters. The van der Waals surface area contributed by atoms with Gasteiger partial charge in [-0.3, -0.25) is 5.21 Å². The maximum absolute atomic E-state index is 8.87. The van der Waals surface area contributed by atoms with Gasteiger partial charge in [0.25, 0.3) is 0 Å². The van der Waals surface area contributed by atoms with Gasteiger partial charge in [0.05, 0.1) is 6.04 Å². The summed E-state index contributed by atoms with van der Waals surface area (Å²) in [5.41, 5.74) is 0.991. The molecule has 0 amide bonds. The van der Waals surface area contributed by atoms with Gasteiger partial charge in [-0.05, 0) is 12.5 Å². The second-order valence-corrected chi connectivity index (χ2v) is 2.72. The molecule has 0 fully saturated rings. The van der Waals surface area contributed by atoms with Crippen LogP contribution >= 0.6 is 11.8 Å². The zero-order valence-corrected chi connectivity index (χ0v) is 6.99. The van der Waals surface area contributed by atoms with Crippen LogP contribution in [0.15, 0.2) is 30.3 Å². The first kappa shape index (κ1) is 8.53. The van der Waals surface area contributed by atoms with Crippen molar-refractivity contribution in [3.8, 4) is 0 Å². The number of hydroxylamine groups is 1. The van der Waals surface area contributed by atoms with Crippen LogP contribution in [-0.4, -0.2) is 9.79 Å². The monoisotopic (exact) mass is 171 g/mol. The third-order valence-electron chi connectivity index (χ3n) is 1.60. The first-order chi connectivity index (χ1) is 5.22. The van der Waals surface area contributed by atoms with Gasteiger partial charge in [-0.2, -0.15) is 0 Å². The predicted octanol–water partition coefficient (Wildman–Crippen LogP) is 2.59. The highest BCUT2D eigenvalue weighted by molar-refractivity contribution is 6.12. The standard InChI is InChI=1S/C8H10ClNO/c1-7(10(9)11)8-5-3-2-4-6-8/h2-7,11H,1H3. The topological polar surface area (TPSA) is 23.5 Å². The molecule has 1 rings (SSSR count). The first-order valence-electron chi connectivity index (χ1n) is 3.40. The summed E-state index contributed by atoms with van der Waals surface area (Å²) in [5.74, 6) is 0. The highest BCUT2D eigenvalue weighted by Gasteiger charge is 2.09. The fourth-order valence-electron chi connectivity index (χ4n) is 0.855. The van der Waals surface area contributed by atoms with Crippen LogP contribution in [0.4, 0.5) is 0 Å². The molecule has 1 aromatic carbocycles. The van der Waals surface area contributed by atoms with Crippen molar-refractivity contribution in [3.05, 3.63) is 35.9 Å². The molecule has 0 aliphatic carbocycles. The summed E-state index contributed by atoms with van der Waals surface area (Å²) in [6.07, 6.45) is 0. The molecule has 0 aromatic heterocycles. The van der Waals surface area contributed by atoms with Gasteiger partial charge in [0.2, 0.25) is 0 Å². The maximum Gasteiger partial charge on any atom is 0.0739 e. The Bertz CT molecular complexity index is 213. The zero-order chi connectivity index (χ0) is 8.27. The van der Waals surface area contributed by atoms with E-state index in [0.29, 0.717) is 4.58 Å². The Kier molecular flexibility index (Phi) is 2.88. The van der Waals surface area contributed by atoms with E-state index in [1.165, 1.54) is 0 Å². The molecule has 0 aliphatic rings. The minimum absolute atomic E-state index is 0.169. The maximum atomic E-state index is 8.87. The summed E-state index contributed by atoms with van der Waals surface area (Å²) >= 11 is 5.35. The Balaban J connectivity index is 2.77. The molecule has 0 spiro atoms. The van der Waals surface area contributed by atoms with Gasteiger partial charge in [-0.25, -0.2) is 0 Å². The summed E-state index contributed by atoms with van der Waals surface area (Å²) in [4.78, 5) is 0. The van der Waals surface area contributed by atoms with Crippen molar-refractivity contribution in [2.75, 3.05) is 0 Å². The molecule has 0 radical (unpaired) electrons. The molecule has 0 bridgehead atoms. The molecular weight excluding hydrogens is 162 g/mol. The van der Waals surface area contributed by atoms with E-state index in [0.717, 1.165) is 5.56 Å². The summed E-state index contributed by atoms with van der Waals surface area (Å²) in [6, 6.07) is 9.40. The van der Waals surface area contributed by atoms with Gasteiger partial charge in [0.15, 0.2) is 0 Å². The minimum Gasteiger partial charge on any atom is -0.298 e. The Morgan fingerprint density at radius 1 is 1.36 bits per heavy atom. The molecular formula is C8H10ClNO. The second kappa shape index (κ2) is 3.72. The molecule has 1 atom stereocenters. The van der Waals surface area contributed by atoms with Crippen LogP contribution in [0.25, 0.3) is 0 Å². The van der Waals surface area contributed by atoms with Crippen molar-refractivity contribution >= 4 is 11.8 Å². The normalized spacial score (nSPS) is 13.5. The van der Waals surface area contributed by atoms with Crippen molar-refractivity contribution in [2.24, 2.45) is 0 Å². The molecule has 0 saturated carbocycles. The Hall–Kier alpha value is -0.570. The van der Waals surface area contributed by atoms with Crippen LogP contribution in [0.3, 0.4) is 0 Å². The third-order valence-corrected chi connectivity index (χ3v) is 1.89. The second-order valence-electron chi connectivity index (χ2n) is 2.38. The lowest BCUT2D eigenvalue weighted by Crippen LogP contribution is -2.11. The van der Waals surface area contributed by atoms with E-state index in [9.17, 15) is 0 Å². The lowest BCUT2D eigenvalue weighted by atomic mass is 10.1. The molecule has 0 heterocycles. The van der Waals surface area contributed by atoms with E-state index in [1.807, 2.05) is 37.3 Å². The van der Waals surface area contributed by atoms with Gasteiger partial charge in [0.1, 0.15) is 0 Å². The zero-order valence-electron chi connectivity index (χ0n) is 6.24. The number of rotatable bonds is 2. The lowest BCUT2D eigenvalue weighted by molar-refractivity contribution is -0.0292. The van der Waals surface area contributed by atoms with Crippen molar-refractivity contribution in [3.63, 3.8) is 0 Å². The van der Waals surface area contributed by atoms with Crippen LogP contribution in [0.1, 0.15) is 18.5 Å². The molecule has 1 N–H and O–H groups in total. The molecule has 11 heavy (non-hydrogen) atoms. The van der Waals surface area contributed by atoms with E-state index in [4.69, 9.17) is 17.0 Å². The van der Waals surface area contributed by atoms with Gasteiger partial charge in [-0.15, -0.1) is 0 Å². The van der Waals surface area contributed by atoms with Gasteiger partial charge < -0.3 is 0 Å². The lowest BCUT2D eigenvalue weighted by Gasteiger charge is -2.14. The fourth-order valence-corrected chi connectivity index (χ4v) is 0.967. The fraction of sp³-hybridized carbons (Fsp3) is 0.250. The van der Waals surface area contributed by atoms with Crippen molar-refractivity contribution in [1.82, 2.24) is 4.58 Å². The minimum atomic E-state index is -0.169. The summed E-state index contributed by atoms with van der Waals surface area (Å²) < 4.78 is 0.676. The third kappa shape index (κ3) is 2.19. The SMILES string of the molecule is CC(c1ccccc1)N(O)Cl. The smallest absolute Gasteiger partial charge is 0.0739 e. The van der Waals surface area contributed by atoms with Crippen LogP contribution in [-0.2, 0) is 0 Å². The molecule has 2 nitrogen and oxygen atoms in total. The van der Waals surface area contributed by atoms with E-state index < -0.39 is 0 Å².